The van der Waals surface area contributed by atoms with Gasteiger partial charge in [0.2, 0.25) is 0 Å². The van der Waals surface area contributed by atoms with E-state index in [9.17, 15) is 0 Å². The molecule has 1 aromatic heterocycles. The van der Waals surface area contributed by atoms with Crippen molar-refractivity contribution in [1.29, 1.82) is 0 Å². The number of nitrogens with zero attached hydrogens (tertiary/aromatic N) is 1. The van der Waals surface area contributed by atoms with E-state index in [2.05, 4.69) is 254 Å². The molecular formula is C67H41NO. The topological polar surface area (TPSA) is 16.4 Å². The average molecular weight is 876 g/mol. The molecule has 0 bridgehead atoms. The fourth-order valence-corrected chi connectivity index (χ4v) is 12.3. The second-order valence-corrected chi connectivity index (χ2v) is 18.7. The Hall–Kier alpha value is -8.98. The average Bonchev–Trinajstić information content (AvgIpc) is 4.04. The minimum atomic E-state index is -0.472. The van der Waals surface area contributed by atoms with Crippen LogP contribution in [-0.4, -0.2) is 0 Å². The molecule has 0 aliphatic heterocycles. The highest BCUT2D eigenvalue weighted by atomic mass is 16.3. The minimum Gasteiger partial charge on any atom is -0.456 e. The van der Waals surface area contributed by atoms with Gasteiger partial charge in [0.25, 0.3) is 0 Å². The van der Waals surface area contributed by atoms with E-state index < -0.39 is 5.41 Å². The number of fused-ring (bicyclic) bond motifs is 17. The van der Waals surface area contributed by atoms with Crippen LogP contribution < -0.4 is 4.90 Å². The van der Waals surface area contributed by atoms with Crippen molar-refractivity contribution in [2.75, 3.05) is 4.90 Å². The zero-order chi connectivity index (χ0) is 45.2. The summed E-state index contributed by atoms with van der Waals surface area (Å²) in [5.41, 5.74) is 19.7. The predicted molar refractivity (Wildman–Crippen MR) is 288 cm³/mol. The Balaban J connectivity index is 0.971. The normalized spacial score (nSPS) is 13.0. The lowest BCUT2D eigenvalue weighted by Crippen LogP contribution is -2.26. The molecule has 15 rings (SSSR count). The molecule has 0 saturated heterocycles. The van der Waals surface area contributed by atoms with Crippen molar-refractivity contribution in [2.45, 2.75) is 5.41 Å². The molecule has 0 unspecified atom stereocenters. The number of rotatable bonds is 5. The van der Waals surface area contributed by atoms with Crippen LogP contribution >= 0.6 is 0 Å². The van der Waals surface area contributed by atoms with Crippen molar-refractivity contribution >= 4 is 71.3 Å². The highest BCUT2D eigenvalue weighted by Crippen LogP contribution is 2.65. The summed E-state index contributed by atoms with van der Waals surface area (Å²) in [4.78, 5) is 2.52. The number of hydrogen-bond donors (Lipinski definition) is 0. The Morgan fingerprint density at radius 2 is 0.841 bits per heavy atom. The Morgan fingerprint density at radius 1 is 0.290 bits per heavy atom. The Labute approximate surface area is 399 Å². The van der Waals surface area contributed by atoms with Crippen LogP contribution in [0.5, 0.6) is 0 Å². The molecule has 320 valence electrons. The van der Waals surface area contributed by atoms with Crippen LogP contribution in [0.3, 0.4) is 0 Å². The fourth-order valence-electron chi connectivity index (χ4n) is 12.3. The van der Waals surface area contributed by atoms with E-state index in [1.165, 1.54) is 88.0 Å². The summed E-state index contributed by atoms with van der Waals surface area (Å²) in [5.74, 6) is 0. The third kappa shape index (κ3) is 5.37. The van der Waals surface area contributed by atoms with Gasteiger partial charge in [-0.2, -0.15) is 0 Å². The molecule has 0 N–H and O–H groups in total. The standard InChI is InChI=1S/C67H41NO/c1-2-17-45-41-65-57(39-44(45)16-1)56-40-46(34-38-64(56)69-65)50-19-8-12-29-62(50)68(47-35-31-43(32-36-47)49-23-13-24-51-48-18-4-3-15-42(48)33-37-52(49)51)63-30-14-28-61-66(63)55-22-7-11-27-60(55)67(61)58-25-9-5-20-53(58)54-21-6-10-26-59(54)67/h1-41H. The number of anilines is 3. The zero-order valence-corrected chi connectivity index (χ0v) is 37.5. The van der Waals surface area contributed by atoms with Crippen LogP contribution in [0.1, 0.15) is 22.3 Å². The van der Waals surface area contributed by atoms with E-state index in [0.717, 1.165) is 50.1 Å². The van der Waals surface area contributed by atoms with E-state index in [-0.39, 0.29) is 0 Å². The molecule has 1 spiro atoms. The summed E-state index contributed by atoms with van der Waals surface area (Å²) in [6.07, 6.45) is 0. The summed E-state index contributed by atoms with van der Waals surface area (Å²) in [6.45, 7) is 0. The second-order valence-electron chi connectivity index (χ2n) is 18.7. The first-order chi connectivity index (χ1) is 34.2. The first-order valence-corrected chi connectivity index (χ1v) is 23.9. The van der Waals surface area contributed by atoms with E-state index in [4.69, 9.17) is 4.42 Å². The molecule has 0 saturated carbocycles. The van der Waals surface area contributed by atoms with Gasteiger partial charge in [-0.15, -0.1) is 0 Å². The molecule has 0 amide bonds. The maximum atomic E-state index is 6.53. The van der Waals surface area contributed by atoms with Crippen LogP contribution in [0, 0.1) is 0 Å². The monoisotopic (exact) mass is 875 g/mol. The van der Waals surface area contributed by atoms with Crippen molar-refractivity contribution in [1.82, 2.24) is 0 Å². The van der Waals surface area contributed by atoms with Crippen molar-refractivity contribution in [3.05, 3.63) is 271 Å². The van der Waals surface area contributed by atoms with Crippen LogP contribution in [-0.2, 0) is 5.41 Å². The molecule has 69 heavy (non-hydrogen) atoms. The van der Waals surface area contributed by atoms with Gasteiger partial charge in [-0.25, -0.2) is 0 Å². The zero-order valence-electron chi connectivity index (χ0n) is 37.5. The molecule has 13 aromatic rings. The van der Waals surface area contributed by atoms with Gasteiger partial charge in [0.1, 0.15) is 11.2 Å². The van der Waals surface area contributed by atoms with Crippen LogP contribution in [0.15, 0.2) is 253 Å². The largest absolute Gasteiger partial charge is 0.456 e. The quantitative estimate of drug-likeness (QED) is 0.160. The molecule has 2 aliphatic rings. The molecule has 0 fully saturated rings. The molecule has 0 atom stereocenters. The first-order valence-electron chi connectivity index (χ1n) is 23.9. The maximum absolute atomic E-state index is 6.53. The van der Waals surface area contributed by atoms with E-state index in [0.29, 0.717) is 0 Å². The maximum Gasteiger partial charge on any atom is 0.136 e. The molecular weight excluding hydrogens is 835 g/mol. The highest BCUT2D eigenvalue weighted by molar-refractivity contribution is 6.13. The minimum absolute atomic E-state index is 0.472. The highest BCUT2D eigenvalue weighted by Gasteiger charge is 2.52. The van der Waals surface area contributed by atoms with Gasteiger partial charge in [0, 0.05) is 27.6 Å². The Bertz CT molecular complexity index is 4220. The lowest BCUT2D eigenvalue weighted by atomic mass is 9.70. The first kappa shape index (κ1) is 38.2. The van der Waals surface area contributed by atoms with Gasteiger partial charge in [0.05, 0.1) is 16.8 Å². The molecule has 12 aromatic carbocycles. The van der Waals surface area contributed by atoms with Crippen LogP contribution in [0.4, 0.5) is 17.1 Å². The van der Waals surface area contributed by atoms with Gasteiger partial charge in [-0.05, 0) is 136 Å². The third-order valence-corrected chi connectivity index (χ3v) is 15.3. The van der Waals surface area contributed by atoms with Crippen molar-refractivity contribution in [3.8, 4) is 44.5 Å². The summed E-state index contributed by atoms with van der Waals surface area (Å²) >= 11 is 0. The van der Waals surface area contributed by atoms with Gasteiger partial charge in [-0.3, -0.25) is 0 Å². The van der Waals surface area contributed by atoms with Gasteiger partial charge in [0.15, 0.2) is 0 Å². The van der Waals surface area contributed by atoms with E-state index in [1.54, 1.807) is 0 Å². The van der Waals surface area contributed by atoms with Gasteiger partial charge in [-0.1, -0.05) is 200 Å². The summed E-state index contributed by atoms with van der Waals surface area (Å²) in [5, 5.41) is 9.65. The Kier molecular flexibility index (Phi) is 8.02. The van der Waals surface area contributed by atoms with Crippen molar-refractivity contribution in [2.24, 2.45) is 0 Å². The number of hydrogen-bond acceptors (Lipinski definition) is 2. The second kappa shape index (κ2) is 14.5. The lowest BCUT2D eigenvalue weighted by Gasteiger charge is -2.32. The summed E-state index contributed by atoms with van der Waals surface area (Å²) < 4.78 is 6.53. The molecule has 2 heteroatoms. The summed E-state index contributed by atoms with van der Waals surface area (Å²) in [7, 11) is 0. The predicted octanol–water partition coefficient (Wildman–Crippen LogP) is 18.2. The Morgan fingerprint density at radius 3 is 1.62 bits per heavy atom. The molecule has 2 aliphatic carbocycles. The molecule has 1 heterocycles. The molecule has 2 nitrogen and oxygen atoms in total. The van der Waals surface area contributed by atoms with Crippen LogP contribution in [0.25, 0.3) is 98.8 Å². The van der Waals surface area contributed by atoms with Gasteiger partial charge >= 0.3 is 0 Å². The number of para-hydroxylation sites is 1. The van der Waals surface area contributed by atoms with E-state index >= 15 is 0 Å². The smallest absolute Gasteiger partial charge is 0.136 e. The van der Waals surface area contributed by atoms with Crippen LogP contribution in [0.2, 0.25) is 0 Å². The lowest BCUT2D eigenvalue weighted by molar-refractivity contribution is 0.669. The third-order valence-electron chi connectivity index (χ3n) is 15.3. The van der Waals surface area contributed by atoms with E-state index in [1.807, 2.05) is 0 Å². The molecule has 0 radical (unpaired) electrons. The summed E-state index contributed by atoms with van der Waals surface area (Å²) in [6, 6.07) is 92.0. The number of furan rings is 1. The fraction of sp³-hybridized carbons (Fsp3) is 0.0149. The van der Waals surface area contributed by atoms with Crippen molar-refractivity contribution in [3.63, 3.8) is 0 Å². The van der Waals surface area contributed by atoms with Crippen molar-refractivity contribution < 1.29 is 4.42 Å². The SMILES string of the molecule is c1ccc(N(c2ccc(-c3cccc4c3ccc3ccccc34)cc2)c2cccc3c2-c2ccccc2C32c3ccccc3-c3ccccc32)c(-c2ccc3oc4cc5ccccc5cc4c3c2)c1. The van der Waals surface area contributed by atoms with Gasteiger partial charge < -0.3 is 9.32 Å². The number of benzene rings is 12.